The number of anilines is 2. The van der Waals surface area contributed by atoms with E-state index in [9.17, 15) is 53.4 Å². The van der Waals surface area contributed by atoms with Gasteiger partial charge >= 0.3 is 12.1 Å². The van der Waals surface area contributed by atoms with Crippen molar-refractivity contribution in [3.63, 3.8) is 0 Å². The molecule has 2 fully saturated rings. The van der Waals surface area contributed by atoms with Crippen LogP contribution < -0.4 is 39.8 Å². The number of aliphatic imine (C=N–C) groups is 1. The molecule has 5 atom stereocenters. The number of carbonyl (C=O) groups excluding carboxylic acids is 8. The molecule has 24 heteroatoms. The molecule has 4 aromatic rings. The summed E-state index contributed by atoms with van der Waals surface area (Å²) in [4.78, 5) is 127. The highest BCUT2D eigenvalue weighted by Gasteiger charge is 2.46. The van der Waals surface area contributed by atoms with Crippen molar-refractivity contribution in [2.24, 2.45) is 10.9 Å². The first-order chi connectivity index (χ1) is 40.1. The number of ether oxygens (including phenoxy) is 5. The van der Waals surface area contributed by atoms with Crippen LogP contribution in [-0.4, -0.2) is 149 Å². The van der Waals surface area contributed by atoms with Crippen LogP contribution in [0, 0.1) is 5.92 Å². The van der Waals surface area contributed by atoms with Crippen LogP contribution in [0.15, 0.2) is 108 Å². The molecule has 5 heterocycles. The predicted molar refractivity (Wildman–Crippen MR) is 302 cm³/mol. The minimum Gasteiger partial charge on any atom is -0.493 e. The molecule has 5 N–H and O–H groups in total. The Labute approximate surface area is 482 Å². The third kappa shape index (κ3) is 12.6. The molecule has 0 radical (unpaired) electrons. The minimum absolute atomic E-state index is 0.0207. The summed E-state index contributed by atoms with van der Waals surface area (Å²) in [6.07, 6.45) is 1.81. The van der Waals surface area contributed by atoms with E-state index >= 15 is 0 Å². The van der Waals surface area contributed by atoms with Gasteiger partial charge in [0.2, 0.25) is 17.7 Å². The van der Waals surface area contributed by atoms with Crippen molar-refractivity contribution in [2.75, 3.05) is 44.1 Å². The Hall–Kier alpha value is -9.84. The second-order valence-electron chi connectivity index (χ2n) is 21.1. The van der Waals surface area contributed by atoms with Gasteiger partial charge in [-0.25, -0.2) is 14.5 Å². The molecule has 9 rings (SSSR count). The minimum atomic E-state index is -1.63. The summed E-state index contributed by atoms with van der Waals surface area (Å²) in [6.45, 7) is 12.6. The lowest BCUT2D eigenvalue weighted by molar-refractivity contribution is -0.137. The number of aromatic carboxylic acids is 1. The lowest BCUT2D eigenvalue weighted by Crippen LogP contribution is -2.54. The topological polar surface area (TPSA) is 302 Å². The summed E-state index contributed by atoms with van der Waals surface area (Å²) < 4.78 is 29.6. The molecule has 0 bridgehead atoms. The van der Waals surface area contributed by atoms with E-state index in [0.29, 0.717) is 52.2 Å². The quantitative estimate of drug-likeness (QED) is 0.0562. The van der Waals surface area contributed by atoms with Gasteiger partial charge in [0.05, 0.1) is 54.4 Å². The SMILES string of the molecule is C=C1C[C@H]2C=Nc3cc(OCc4cc(COc5cc6c(cc5OC)C(=O)N5CC(=C)C[C@H]5[C@H](O)N6C(=O)OCc5ccc(NC(=O)C(C)NC(=O)C(NC(=O)CCN6C(=O)C=CC6=O)C(C)C)cc5)cc(C(=O)O)c4)c(OC)cc3C(=O)N2C1. The number of methoxy groups -OCH3 is 2. The summed E-state index contributed by atoms with van der Waals surface area (Å²) in [5.74, 6) is -4.61. The van der Waals surface area contributed by atoms with Crippen molar-refractivity contribution < 1.29 is 77.0 Å². The van der Waals surface area contributed by atoms with Crippen LogP contribution in [0.1, 0.15) is 87.8 Å². The van der Waals surface area contributed by atoms with Gasteiger partial charge in [-0.15, -0.1) is 0 Å². The number of benzene rings is 4. The van der Waals surface area contributed by atoms with Crippen LogP contribution >= 0.6 is 0 Å². The average Bonchev–Trinajstić information content (AvgIpc) is 1.88. The standard InChI is InChI=1S/C60H62N8O16/c1-31(2)53(64-50(69)14-15-65-51(70)12-13-52(65)71)55(73)62-34(5)54(72)63-39-10-8-35(9-11-39)28-84-60(79)68-44-24-49(47(81-7)22-42(44)57(75)67-27-33(4)17-45(67)58(68)76)83-30-37-18-36(19-38(20-37)59(77)78)29-82-48-23-43-41(21-46(48)80-6)56(74)66-26-32(3)16-40(66)25-61-43/h8-13,18-25,31,34,40,45,53,58,76H,3-4,14-17,26-30H2,1-2,5-7H3,(H,62,73)(H,63,72)(H,64,69)(H,77,78)/t34?,40-,45-,53?,58-/m0/s1. The Balaban J connectivity index is 0.864. The van der Waals surface area contributed by atoms with Gasteiger partial charge in [-0.05, 0) is 84.8 Å². The third-order valence-corrected chi connectivity index (χ3v) is 14.7. The number of hydrogen-bond acceptors (Lipinski definition) is 16. The maximum absolute atomic E-state index is 14.3. The lowest BCUT2D eigenvalue weighted by Gasteiger charge is -2.31. The van der Waals surface area contributed by atoms with Gasteiger partial charge in [0.15, 0.2) is 29.2 Å². The molecule has 0 aromatic heterocycles. The zero-order valence-corrected chi connectivity index (χ0v) is 46.7. The fourth-order valence-corrected chi connectivity index (χ4v) is 10.3. The molecule has 5 aliphatic heterocycles. The largest absolute Gasteiger partial charge is 0.493 e. The van der Waals surface area contributed by atoms with E-state index in [4.69, 9.17) is 23.7 Å². The smallest absolute Gasteiger partial charge is 0.416 e. The molecule has 2 unspecified atom stereocenters. The number of hydrogen-bond donors (Lipinski definition) is 5. The molecule has 4 aromatic carbocycles. The summed E-state index contributed by atoms with van der Waals surface area (Å²) in [5, 5.41) is 30.1. The molecular formula is C60H62N8O16. The van der Waals surface area contributed by atoms with Gasteiger partial charge in [0, 0.05) is 62.2 Å². The second-order valence-corrected chi connectivity index (χ2v) is 21.1. The van der Waals surface area contributed by atoms with Gasteiger partial charge in [0.25, 0.3) is 23.6 Å². The Morgan fingerprint density at radius 3 is 1.95 bits per heavy atom. The van der Waals surface area contributed by atoms with E-state index in [-0.39, 0.29) is 97.5 Å². The Kier molecular flexibility index (Phi) is 17.3. The number of fused-ring (bicyclic) bond motifs is 4. The van der Waals surface area contributed by atoms with Gasteiger partial charge < -0.3 is 59.6 Å². The fraction of sp³-hybridized carbons (Fsp3) is 0.333. The van der Waals surface area contributed by atoms with Crippen LogP contribution in [0.3, 0.4) is 0 Å². The fourth-order valence-electron chi connectivity index (χ4n) is 10.3. The molecule has 8 amide bonds. The van der Waals surface area contributed by atoms with Gasteiger partial charge in [-0.3, -0.25) is 43.5 Å². The van der Waals surface area contributed by atoms with Crippen LogP contribution in [0.4, 0.5) is 21.9 Å². The first kappa shape index (κ1) is 58.8. The molecule has 0 spiro atoms. The Morgan fingerprint density at radius 1 is 0.714 bits per heavy atom. The van der Waals surface area contributed by atoms with Crippen molar-refractivity contribution in [3.8, 4) is 23.0 Å². The van der Waals surface area contributed by atoms with E-state index in [1.807, 2.05) is 0 Å². The Bertz CT molecular complexity index is 3450. The predicted octanol–water partition coefficient (Wildman–Crippen LogP) is 5.19. The van der Waals surface area contributed by atoms with Crippen molar-refractivity contribution in [2.45, 2.75) is 90.2 Å². The highest BCUT2D eigenvalue weighted by molar-refractivity contribution is 6.13. The molecule has 438 valence electrons. The monoisotopic (exact) mass is 1150 g/mol. The van der Waals surface area contributed by atoms with Crippen LogP contribution in [0.25, 0.3) is 0 Å². The van der Waals surface area contributed by atoms with Crippen molar-refractivity contribution in [3.05, 3.63) is 137 Å². The number of carbonyl (C=O) groups is 9. The number of carboxylic acid groups (broad SMARTS) is 1. The van der Waals surface area contributed by atoms with Gasteiger partial charge in [-0.1, -0.05) is 50.3 Å². The van der Waals surface area contributed by atoms with Gasteiger partial charge in [-0.2, -0.15) is 0 Å². The van der Waals surface area contributed by atoms with E-state index < -0.39 is 77.8 Å². The van der Waals surface area contributed by atoms with Crippen LogP contribution in [-0.2, 0) is 48.5 Å². The number of nitrogens with one attached hydrogen (secondary N) is 3. The van der Waals surface area contributed by atoms with Crippen LogP contribution in [0.5, 0.6) is 23.0 Å². The van der Waals surface area contributed by atoms with Crippen molar-refractivity contribution >= 4 is 76.7 Å². The molecule has 5 aliphatic rings. The van der Waals surface area contributed by atoms with E-state index in [0.717, 1.165) is 27.5 Å². The Morgan fingerprint density at radius 2 is 1.32 bits per heavy atom. The first-order valence-corrected chi connectivity index (χ1v) is 26.8. The summed E-state index contributed by atoms with van der Waals surface area (Å²) in [7, 11) is 2.79. The number of aliphatic hydroxyl groups is 1. The van der Waals surface area contributed by atoms with Gasteiger partial charge in [0.1, 0.15) is 31.9 Å². The third-order valence-electron chi connectivity index (χ3n) is 14.7. The summed E-state index contributed by atoms with van der Waals surface area (Å²) >= 11 is 0. The molecule has 0 aliphatic carbocycles. The number of rotatable bonds is 20. The number of carboxylic acids is 1. The number of imide groups is 1. The lowest BCUT2D eigenvalue weighted by atomic mass is 10.0. The number of amides is 8. The van der Waals surface area contributed by atoms with E-state index in [2.05, 4.69) is 34.1 Å². The molecule has 0 saturated carbocycles. The van der Waals surface area contributed by atoms with E-state index in [1.54, 1.807) is 67.4 Å². The zero-order valence-electron chi connectivity index (χ0n) is 46.7. The van der Waals surface area contributed by atoms with E-state index in [1.165, 1.54) is 50.3 Å². The molecule has 2 saturated heterocycles. The maximum Gasteiger partial charge on any atom is 0.416 e. The van der Waals surface area contributed by atoms with Crippen molar-refractivity contribution in [1.82, 2.24) is 25.3 Å². The highest BCUT2D eigenvalue weighted by atomic mass is 16.6. The first-order valence-electron chi connectivity index (χ1n) is 26.8. The zero-order chi connectivity index (χ0) is 60.3. The molecule has 84 heavy (non-hydrogen) atoms. The molecular weight excluding hydrogens is 1090 g/mol. The summed E-state index contributed by atoms with van der Waals surface area (Å²) in [6, 6.07) is 13.4. The highest BCUT2D eigenvalue weighted by Crippen LogP contribution is 2.43. The molecule has 24 nitrogen and oxygen atoms in total. The maximum atomic E-state index is 14.3. The van der Waals surface area contributed by atoms with Crippen LogP contribution in [0.2, 0.25) is 0 Å². The normalized spacial score (nSPS) is 18.5. The average molecular weight is 1150 g/mol. The summed E-state index contributed by atoms with van der Waals surface area (Å²) in [5.41, 5.74) is 3.73. The second kappa shape index (κ2) is 24.7. The number of aliphatic hydroxyl groups excluding tert-OH is 1. The van der Waals surface area contributed by atoms with Crippen molar-refractivity contribution in [1.29, 1.82) is 0 Å². The number of nitrogens with zero attached hydrogens (tertiary/aromatic N) is 5.